The number of rotatable bonds is 5. The fourth-order valence-electron chi connectivity index (χ4n) is 1.76. The van der Waals surface area contributed by atoms with Crippen LogP contribution in [0.2, 0.25) is 0 Å². The molecule has 94 valence electrons. The molecule has 0 amide bonds. The van der Waals surface area contributed by atoms with Gasteiger partial charge in [0.25, 0.3) is 0 Å². The summed E-state index contributed by atoms with van der Waals surface area (Å²) in [6.45, 7) is 7.47. The van der Waals surface area contributed by atoms with Crippen molar-refractivity contribution in [1.29, 1.82) is 0 Å². The highest BCUT2D eigenvalue weighted by atomic mass is 19.1. The third-order valence-corrected chi connectivity index (χ3v) is 2.81. The number of carboxylic acid groups (broad SMARTS) is 1. The average Bonchev–Trinajstić information content (AvgIpc) is 2.26. The molecule has 0 aliphatic carbocycles. The number of halogens is 1. The second-order valence-corrected chi connectivity index (χ2v) is 4.26. The van der Waals surface area contributed by atoms with Crippen molar-refractivity contribution in [1.82, 2.24) is 4.90 Å². The van der Waals surface area contributed by atoms with Crippen molar-refractivity contribution in [2.45, 2.75) is 33.4 Å². The number of aromatic carboxylic acids is 1. The number of benzene rings is 1. The molecule has 0 aliphatic rings. The molecule has 1 rings (SSSR count). The van der Waals surface area contributed by atoms with Gasteiger partial charge in [0.2, 0.25) is 0 Å². The van der Waals surface area contributed by atoms with Crippen molar-refractivity contribution < 1.29 is 14.3 Å². The van der Waals surface area contributed by atoms with Gasteiger partial charge in [0.1, 0.15) is 5.82 Å². The third-order valence-electron chi connectivity index (χ3n) is 2.81. The van der Waals surface area contributed by atoms with E-state index in [1.54, 1.807) is 6.07 Å². The molecule has 0 bridgehead atoms. The number of hydrogen-bond donors (Lipinski definition) is 1. The van der Waals surface area contributed by atoms with Crippen molar-refractivity contribution >= 4 is 5.97 Å². The van der Waals surface area contributed by atoms with Gasteiger partial charge in [-0.05, 0) is 38.1 Å². The molecule has 4 heteroatoms. The van der Waals surface area contributed by atoms with Crippen molar-refractivity contribution in [3.63, 3.8) is 0 Å². The molecule has 0 saturated heterocycles. The molecule has 0 unspecified atom stereocenters. The Labute approximate surface area is 101 Å². The molecule has 0 radical (unpaired) electrons. The van der Waals surface area contributed by atoms with Gasteiger partial charge in [-0.1, -0.05) is 13.0 Å². The van der Waals surface area contributed by atoms with Crippen LogP contribution in [-0.4, -0.2) is 28.6 Å². The van der Waals surface area contributed by atoms with E-state index < -0.39 is 11.8 Å². The zero-order valence-electron chi connectivity index (χ0n) is 10.4. The van der Waals surface area contributed by atoms with Gasteiger partial charge < -0.3 is 5.11 Å². The van der Waals surface area contributed by atoms with Crippen LogP contribution in [0.4, 0.5) is 4.39 Å². The highest BCUT2D eigenvalue weighted by Crippen LogP contribution is 2.15. The molecule has 0 aliphatic heterocycles. The summed E-state index contributed by atoms with van der Waals surface area (Å²) in [6, 6.07) is 4.25. The normalized spacial score (nSPS) is 11.2. The molecule has 1 N–H and O–H groups in total. The van der Waals surface area contributed by atoms with Gasteiger partial charge >= 0.3 is 5.97 Å². The fourth-order valence-corrected chi connectivity index (χ4v) is 1.76. The SMILES string of the molecule is CCN(Cc1ccc(F)cc1C(=O)O)C(C)C. The van der Waals surface area contributed by atoms with Gasteiger partial charge in [-0.15, -0.1) is 0 Å². The summed E-state index contributed by atoms with van der Waals surface area (Å²) < 4.78 is 13.0. The lowest BCUT2D eigenvalue weighted by molar-refractivity contribution is 0.0693. The van der Waals surface area contributed by atoms with E-state index in [9.17, 15) is 9.18 Å². The first kappa shape index (κ1) is 13.6. The second-order valence-electron chi connectivity index (χ2n) is 4.26. The summed E-state index contributed by atoms with van der Waals surface area (Å²) in [6.07, 6.45) is 0. The molecule has 17 heavy (non-hydrogen) atoms. The first-order valence-corrected chi connectivity index (χ1v) is 5.71. The molecule has 0 heterocycles. The summed E-state index contributed by atoms with van der Waals surface area (Å²) in [4.78, 5) is 13.2. The maximum Gasteiger partial charge on any atom is 0.336 e. The van der Waals surface area contributed by atoms with E-state index in [4.69, 9.17) is 5.11 Å². The van der Waals surface area contributed by atoms with E-state index in [1.807, 2.05) is 20.8 Å². The first-order valence-electron chi connectivity index (χ1n) is 5.71. The molecule has 0 atom stereocenters. The number of carbonyl (C=O) groups is 1. The third kappa shape index (κ3) is 3.53. The summed E-state index contributed by atoms with van der Waals surface area (Å²) in [5.74, 6) is -1.60. The lowest BCUT2D eigenvalue weighted by Crippen LogP contribution is -2.30. The number of hydrogen-bond acceptors (Lipinski definition) is 2. The Kier molecular flexibility index (Phi) is 4.63. The molecule has 1 aromatic rings. The van der Waals surface area contributed by atoms with E-state index in [1.165, 1.54) is 6.07 Å². The van der Waals surface area contributed by atoms with E-state index in [0.717, 1.165) is 12.6 Å². The minimum Gasteiger partial charge on any atom is -0.478 e. The Bertz CT molecular complexity index is 404. The Balaban J connectivity index is 3.01. The minimum atomic E-state index is -1.08. The van der Waals surface area contributed by atoms with Gasteiger partial charge in [0.05, 0.1) is 5.56 Å². The Morgan fingerprint density at radius 2 is 2.12 bits per heavy atom. The summed E-state index contributed by atoms with van der Waals surface area (Å²) in [5, 5.41) is 9.03. The van der Waals surface area contributed by atoms with Crippen LogP contribution in [0.25, 0.3) is 0 Å². The maximum atomic E-state index is 13.0. The van der Waals surface area contributed by atoms with Crippen LogP contribution in [0.1, 0.15) is 36.7 Å². The Morgan fingerprint density at radius 1 is 1.47 bits per heavy atom. The van der Waals surface area contributed by atoms with E-state index in [0.29, 0.717) is 18.2 Å². The van der Waals surface area contributed by atoms with Crippen LogP contribution in [0.15, 0.2) is 18.2 Å². The molecule has 0 saturated carbocycles. The quantitative estimate of drug-likeness (QED) is 0.859. The fraction of sp³-hybridized carbons (Fsp3) is 0.462. The van der Waals surface area contributed by atoms with Crippen molar-refractivity contribution in [3.8, 4) is 0 Å². The molecular weight excluding hydrogens is 221 g/mol. The van der Waals surface area contributed by atoms with Crippen LogP contribution < -0.4 is 0 Å². The highest BCUT2D eigenvalue weighted by Gasteiger charge is 2.15. The standard InChI is InChI=1S/C13H18FNO2/c1-4-15(9(2)3)8-10-5-6-11(14)7-12(10)13(16)17/h5-7,9H,4,8H2,1-3H3,(H,16,17). The van der Waals surface area contributed by atoms with Crippen LogP contribution >= 0.6 is 0 Å². The molecule has 3 nitrogen and oxygen atoms in total. The predicted molar refractivity (Wildman–Crippen MR) is 64.6 cm³/mol. The van der Waals surface area contributed by atoms with E-state index >= 15 is 0 Å². The predicted octanol–water partition coefficient (Wildman–Crippen LogP) is 2.75. The Hall–Kier alpha value is -1.42. The van der Waals surface area contributed by atoms with E-state index in [2.05, 4.69) is 4.90 Å². The lowest BCUT2D eigenvalue weighted by Gasteiger charge is -2.25. The van der Waals surface area contributed by atoms with E-state index in [-0.39, 0.29) is 5.56 Å². The monoisotopic (exact) mass is 239 g/mol. The maximum absolute atomic E-state index is 13.0. The van der Waals surface area contributed by atoms with Crippen molar-refractivity contribution in [3.05, 3.63) is 35.1 Å². The average molecular weight is 239 g/mol. The van der Waals surface area contributed by atoms with Crippen molar-refractivity contribution in [2.24, 2.45) is 0 Å². The number of nitrogens with zero attached hydrogens (tertiary/aromatic N) is 1. The number of carboxylic acids is 1. The smallest absolute Gasteiger partial charge is 0.336 e. The van der Waals surface area contributed by atoms with Gasteiger partial charge in [-0.3, -0.25) is 4.90 Å². The van der Waals surface area contributed by atoms with Gasteiger partial charge in [-0.25, -0.2) is 9.18 Å². The summed E-state index contributed by atoms with van der Waals surface area (Å²) >= 11 is 0. The second kappa shape index (κ2) is 5.77. The van der Waals surface area contributed by atoms with Crippen LogP contribution in [-0.2, 0) is 6.54 Å². The summed E-state index contributed by atoms with van der Waals surface area (Å²) in [7, 11) is 0. The summed E-state index contributed by atoms with van der Waals surface area (Å²) in [5.41, 5.74) is 0.693. The zero-order chi connectivity index (χ0) is 13.0. The van der Waals surface area contributed by atoms with Crippen LogP contribution in [0, 0.1) is 5.82 Å². The van der Waals surface area contributed by atoms with Gasteiger partial charge in [-0.2, -0.15) is 0 Å². The lowest BCUT2D eigenvalue weighted by atomic mass is 10.1. The minimum absolute atomic E-state index is 0.0455. The molecule has 0 fully saturated rings. The van der Waals surface area contributed by atoms with Gasteiger partial charge in [0, 0.05) is 12.6 Å². The molecule has 1 aromatic carbocycles. The zero-order valence-corrected chi connectivity index (χ0v) is 10.4. The topological polar surface area (TPSA) is 40.5 Å². The first-order chi connectivity index (χ1) is 7.95. The molecule has 0 aromatic heterocycles. The van der Waals surface area contributed by atoms with Gasteiger partial charge in [0.15, 0.2) is 0 Å². The molecule has 0 spiro atoms. The van der Waals surface area contributed by atoms with Crippen LogP contribution in [0.3, 0.4) is 0 Å². The molecular formula is C13H18FNO2. The van der Waals surface area contributed by atoms with Crippen LogP contribution in [0.5, 0.6) is 0 Å². The Morgan fingerprint density at radius 3 is 2.59 bits per heavy atom. The highest BCUT2D eigenvalue weighted by molar-refractivity contribution is 5.89. The largest absolute Gasteiger partial charge is 0.478 e. The van der Waals surface area contributed by atoms with Crippen molar-refractivity contribution in [2.75, 3.05) is 6.54 Å².